The van der Waals surface area contributed by atoms with Gasteiger partial charge in [0.1, 0.15) is 0 Å². The number of amides is 3. The number of carbonyl (C=O) groups excluding carboxylic acids is 2. The molecule has 0 aliphatic carbocycles. The van der Waals surface area contributed by atoms with E-state index in [2.05, 4.69) is 10.6 Å². The highest BCUT2D eigenvalue weighted by atomic mass is 16.4. The Morgan fingerprint density at radius 1 is 1.16 bits per heavy atom. The molecule has 0 saturated heterocycles. The van der Waals surface area contributed by atoms with Crippen LogP contribution in [0.3, 0.4) is 0 Å². The average molecular weight is 273 g/mol. The van der Waals surface area contributed by atoms with Gasteiger partial charge in [0.25, 0.3) is 0 Å². The van der Waals surface area contributed by atoms with Crippen molar-refractivity contribution in [2.45, 2.75) is 20.8 Å². The number of rotatable bonds is 7. The van der Waals surface area contributed by atoms with Gasteiger partial charge in [0.15, 0.2) is 0 Å². The van der Waals surface area contributed by atoms with Crippen molar-refractivity contribution in [1.82, 2.24) is 15.5 Å². The number of aliphatic carboxylic acids is 1. The van der Waals surface area contributed by atoms with Crippen LogP contribution in [0.4, 0.5) is 4.79 Å². The number of carbonyl (C=O) groups is 3. The molecule has 19 heavy (non-hydrogen) atoms. The van der Waals surface area contributed by atoms with Gasteiger partial charge in [-0.1, -0.05) is 20.8 Å². The molecule has 1 unspecified atom stereocenters. The summed E-state index contributed by atoms with van der Waals surface area (Å²) in [4.78, 5) is 34.8. The Hall–Kier alpha value is -1.79. The Morgan fingerprint density at radius 3 is 2.21 bits per heavy atom. The summed E-state index contributed by atoms with van der Waals surface area (Å²) in [6, 6.07) is -0.465. The SMILES string of the molecule is CC(C)CNC(=O)CNC(=O)N(C)CC(C)C(=O)O. The molecule has 0 rings (SSSR count). The lowest BCUT2D eigenvalue weighted by Gasteiger charge is -2.19. The minimum absolute atomic E-state index is 0.0920. The number of carboxylic acid groups (broad SMARTS) is 1. The van der Waals surface area contributed by atoms with Crippen molar-refractivity contribution in [3.63, 3.8) is 0 Å². The van der Waals surface area contributed by atoms with Crippen LogP contribution in [0.2, 0.25) is 0 Å². The topological polar surface area (TPSA) is 98.7 Å². The van der Waals surface area contributed by atoms with E-state index < -0.39 is 17.9 Å². The number of hydrogen-bond acceptors (Lipinski definition) is 3. The molecule has 3 amide bonds. The van der Waals surface area contributed by atoms with E-state index >= 15 is 0 Å². The van der Waals surface area contributed by atoms with E-state index in [4.69, 9.17) is 5.11 Å². The molecular formula is C12H23N3O4. The number of carboxylic acids is 1. The molecule has 0 aromatic carbocycles. The van der Waals surface area contributed by atoms with Gasteiger partial charge >= 0.3 is 12.0 Å². The Labute approximate surface area is 113 Å². The minimum atomic E-state index is -0.964. The second kappa shape index (κ2) is 8.34. The Bertz CT molecular complexity index is 331. The molecule has 0 aromatic heterocycles. The van der Waals surface area contributed by atoms with Crippen LogP contribution in [0.1, 0.15) is 20.8 Å². The lowest BCUT2D eigenvalue weighted by atomic mass is 10.2. The fourth-order valence-electron chi connectivity index (χ4n) is 1.24. The average Bonchev–Trinajstić information content (AvgIpc) is 2.32. The Kier molecular flexibility index (Phi) is 7.55. The highest BCUT2D eigenvalue weighted by Gasteiger charge is 2.17. The molecular weight excluding hydrogens is 250 g/mol. The third-order valence-electron chi connectivity index (χ3n) is 2.42. The summed E-state index contributed by atoms with van der Waals surface area (Å²) >= 11 is 0. The van der Waals surface area contributed by atoms with Crippen molar-refractivity contribution in [3.05, 3.63) is 0 Å². The number of hydrogen-bond donors (Lipinski definition) is 3. The van der Waals surface area contributed by atoms with Crippen molar-refractivity contribution in [1.29, 1.82) is 0 Å². The van der Waals surface area contributed by atoms with Gasteiger partial charge in [0.2, 0.25) is 5.91 Å². The fourth-order valence-corrected chi connectivity index (χ4v) is 1.24. The summed E-state index contributed by atoms with van der Waals surface area (Å²) in [6.45, 7) is 5.99. The molecule has 0 aromatic rings. The standard InChI is InChI=1S/C12H23N3O4/c1-8(2)5-13-10(16)6-14-12(19)15(4)7-9(3)11(17)18/h8-9H,5-7H2,1-4H3,(H,13,16)(H,14,19)(H,17,18). The van der Waals surface area contributed by atoms with E-state index in [1.165, 1.54) is 18.9 Å². The van der Waals surface area contributed by atoms with Crippen LogP contribution in [-0.2, 0) is 9.59 Å². The van der Waals surface area contributed by atoms with E-state index in [1.807, 2.05) is 13.8 Å². The minimum Gasteiger partial charge on any atom is -0.481 e. The van der Waals surface area contributed by atoms with Crippen LogP contribution in [-0.4, -0.2) is 54.6 Å². The summed E-state index contributed by atoms with van der Waals surface area (Å²) < 4.78 is 0. The van der Waals surface area contributed by atoms with Gasteiger partial charge in [-0.05, 0) is 5.92 Å². The van der Waals surface area contributed by atoms with Gasteiger partial charge in [-0.3, -0.25) is 9.59 Å². The molecule has 7 nitrogen and oxygen atoms in total. The summed E-state index contributed by atoms with van der Waals surface area (Å²) in [5.74, 6) is -1.53. The summed E-state index contributed by atoms with van der Waals surface area (Å²) in [5.41, 5.74) is 0. The maximum atomic E-state index is 11.6. The van der Waals surface area contributed by atoms with Crippen LogP contribution in [0, 0.1) is 11.8 Å². The molecule has 0 fully saturated rings. The highest BCUT2D eigenvalue weighted by molar-refractivity contribution is 5.84. The second-order valence-electron chi connectivity index (χ2n) is 4.98. The lowest BCUT2D eigenvalue weighted by molar-refractivity contribution is -0.141. The monoisotopic (exact) mass is 273 g/mol. The van der Waals surface area contributed by atoms with E-state index in [1.54, 1.807) is 0 Å². The molecule has 3 N–H and O–H groups in total. The van der Waals surface area contributed by atoms with E-state index in [-0.39, 0.29) is 19.0 Å². The summed E-state index contributed by atoms with van der Waals surface area (Å²) in [7, 11) is 1.49. The zero-order valence-corrected chi connectivity index (χ0v) is 11.9. The van der Waals surface area contributed by atoms with Gasteiger partial charge < -0.3 is 20.6 Å². The van der Waals surface area contributed by atoms with Crippen LogP contribution >= 0.6 is 0 Å². The van der Waals surface area contributed by atoms with Crippen LogP contribution in [0.25, 0.3) is 0 Å². The maximum absolute atomic E-state index is 11.6. The highest BCUT2D eigenvalue weighted by Crippen LogP contribution is 1.98. The van der Waals surface area contributed by atoms with Gasteiger partial charge in [-0.15, -0.1) is 0 Å². The van der Waals surface area contributed by atoms with E-state index in [0.29, 0.717) is 12.5 Å². The van der Waals surface area contributed by atoms with Crippen LogP contribution in [0.5, 0.6) is 0 Å². The first-order valence-corrected chi connectivity index (χ1v) is 6.22. The van der Waals surface area contributed by atoms with E-state index in [9.17, 15) is 14.4 Å². The smallest absolute Gasteiger partial charge is 0.317 e. The van der Waals surface area contributed by atoms with Crippen molar-refractivity contribution in [3.8, 4) is 0 Å². The van der Waals surface area contributed by atoms with Gasteiger partial charge in [-0.2, -0.15) is 0 Å². The fraction of sp³-hybridized carbons (Fsp3) is 0.750. The second-order valence-corrected chi connectivity index (χ2v) is 4.98. The van der Waals surface area contributed by atoms with Crippen LogP contribution in [0.15, 0.2) is 0 Å². The first kappa shape index (κ1) is 17.2. The number of nitrogens with one attached hydrogen (secondary N) is 2. The van der Waals surface area contributed by atoms with E-state index in [0.717, 1.165) is 0 Å². The van der Waals surface area contributed by atoms with Gasteiger partial charge in [-0.25, -0.2) is 4.79 Å². The first-order valence-electron chi connectivity index (χ1n) is 6.22. The number of nitrogens with zero attached hydrogens (tertiary/aromatic N) is 1. The molecule has 0 bridgehead atoms. The molecule has 7 heteroatoms. The van der Waals surface area contributed by atoms with Crippen molar-refractivity contribution >= 4 is 17.9 Å². The molecule has 1 atom stereocenters. The van der Waals surface area contributed by atoms with Crippen LogP contribution < -0.4 is 10.6 Å². The first-order chi connectivity index (χ1) is 8.73. The van der Waals surface area contributed by atoms with Gasteiger partial charge in [0, 0.05) is 20.1 Å². The number of urea groups is 1. The lowest BCUT2D eigenvalue weighted by Crippen LogP contribution is -2.45. The Balaban J connectivity index is 3.96. The largest absolute Gasteiger partial charge is 0.481 e. The quantitative estimate of drug-likeness (QED) is 0.613. The maximum Gasteiger partial charge on any atom is 0.317 e. The van der Waals surface area contributed by atoms with Crippen molar-refractivity contribution in [2.75, 3.05) is 26.7 Å². The molecule has 0 aliphatic rings. The Morgan fingerprint density at radius 2 is 1.74 bits per heavy atom. The summed E-state index contributed by atoms with van der Waals surface area (Å²) in [5, 5.41) is 13.8. The molecule has 0 heterocycles. The zero-order valence-electron chi connectivity index (χ0n) is 11.9. The molecule has 0 spiro atoms. The molecule has 0 saturated carbocycles. The predicted molar refractivity (Wildman–Crippen MR) is 70.7 cm³/mol. The van der Waals surface area contributed by atoms with Crippen molar-refractivity contribution < 1.29 is 19.5 Å². The zero-order chi connectivity index (χ0) is 15.0. The van der Waals surface area contributed by atoms with Crippen molar-refractivity contribution in [2.24, 2.45) is 11.8 Å². The summed E-state index contributed by atoms with van der Waals surface area (Å²) in [6.07, 6.45) is 0. The van der Waals surface area contributed by atoms with Gasteiger partial charge in [0.05, 0.1) is 12.5 Å². The third kappa shape index (κ3) is 8.01. The molecule has 0 aliphatic heterocycles. The third-order valence-corrected chi connectivity index (χ3v) is 2.42. The predicted octanol–water partition coefficient (Wildman–Crippen LogP) is 0.121. The molecule has 110 valence electrons. The molecule has 0 radical (unpaired) electrons. The normalized spacial score (nSPS) is 11.8.